The summed E-state index contributed by atoms with van der Waals surface area (Å²) in [6.45, 7) is 9.44. The summed E-state index contributed by atoms with van der Waals surface area (Å²) >= 11 is 0. The Bertz CT molecular complexity index is 361. The summed E-state index contributed by atoms with van der Waals surface area (Å²) in [7, 11) is 0. The molecule has 2 bridgehead atoms. The first-order valence-corrected chi connectivity index (χ1v) is 9.97. The normalized spacial score (nSPS) is 48.7. The smallest absolute Gasteiger partial charge is 0.127 e. The van der Waals surface area contributed by atoms with Gasteiger partial charge in [-0.2, -0.15) is 0 Å². The lowest BCUT2D eigenvalue weighted by atomic mass is 9.91. The van der Waals surface area contributed by atoms with Gasteiger partial charge in [0.15, 0.2) is 0 Å². The number of hydrogen-bond acceptors (Lipinski definition) is 1. The number of hydrogen-bond donors (Lipinski definition) is 4. The van der Waals surface area contributed by atoms with Crippen molar-refractivity contribution in [1.29, 1.82) is 0 Å². The lowest BCUT2D eigenvalue weighted by molar-refractivity contribution is -1.03. The molecule has 0 radical (unpaired) electrons. The zero-order valence-electron chi connectivity index (χ0n) is 14.2. The highest BCUT2D eigenvalue weighted by Gasteiger charge is 2.46. The number of piperazine rings is 1. The maximum Gasteiger partial charge on any atom is 0.127 e. The van der Waals surface area contributed by atoms with E-state index < -0.39 is 0 Å². The van der Waals surface area contributed by atoms with Crippen molar-refractivity contribution in [1.82, 2.24) is 0 Å². The molecule has 0 unspecified atom stereocenters. The monoisotopic (exact) mass is 310 g/mol. The van der Waals surface area contributed by atoms with Gasteiger partial charge in [-0.05, 0) is 25.2 Å². The second-order valence-electron chi connectivity index (χ2n) is 8.60. The van der Waals surface area contributed by atoms with Crippen LogP contribution in [0.5, 0.6) is 0 Å². The second-order valence-corrected chi connectivity index (χ2v) is 8.60. The Morgan fingerprint density at radius 2 is 1.55 bits per heavy atom. The predicted octanol–water partition coefficient (Wildman–Crippen LogP) is -3.00. The number of piperidine rings is 1. The van der Waals surface area contributed by atoms with E-state index in [1.54, 1.807) is 30.6 Å². The fourth-order valence-electron chi connectivity index (χ4n) is 6.25. The van der Waals surface area contributed by atoms with E-state index in [0.717, 1.165) is 30.5 Å². The number of aliphatic hydroxyl groups excluding tert-OH is 1. The topological polar surface area (TPSA) is 33.6 Å². The molecule has 3 atom stereocenters. The van der Waals surface area contributed by atoms with Crippen LogP contribution in [-0.4, -0.2) is 69.6 Å². The summed E-state index contributed by atoms with van der Waals surface area (Å²) in [5.74, 6) is 2.20. The highest BCUT2D eigenvalue weighted by molar-refractivity contribution is 4.90. The molecular formula is C18H36N3O+3. The van der Waals surface area contributed by atoms with Gasteiger partial charge in [-0.1, -0.05) is 0 Å². The summed E-state index contributed by atoms with van der Waals surface area (Å²) in [6.07, 6.45) is 9.14. The summed E-state index contributed by atoms with van der Waals surface area (Å²) in [5, 5.41) is 9.08. The van der Waals surface area contributed by atoms with Crippen molar-refractivity contribution in [2.75, 3.05) is 52.4 Å². The van der Waals surface area contributed by atoms with E-state index in [1.807, 2.05) is 9.80 Å². The molecule has 2 aliphatic carbocycles. The van der Waals surface area contributed by atoms with Crippen LogP contribution in [0.25, 0.3) is 0 Å². The number of rotatable bonds is 4. The molecule has 0 spiro atoms. The second kappa shape index (κ2) is 6.76. The summed E-state index contributed by atoms with van der Waals surface area (Å²) in [5.41, 5.74) is 0. The van der Waals surface area contributed by atoms with Crippen LogP contribution in [0.3, 0.4) is 0 Å². The number of fused-ring (bicyclic) bond motifs is 2. The summed E-state index contributed by atoms with van der Waals surface area (Å²) in [6, 6.07) is 1.98. The molecule has 126 valence electrons. The number of likely N-dealkylation sites (tertiary alicyclic amines) is 1. The average molecular weight is 311 g/mol. The van der Waals surface area contributed by atoms with Crippen molar-refractivity contribution >= 4 is 0 Å². The van der Waals surface area contributed by atoms with E-state index in [2.05, 4.69) is 0 Å². The van der Waals surface area contributed by atoms with Crippen LogP contribution in [0.15, 0.2) is 0 Å². The van der Waals surface area contributed by atoms with Gasteiger partial charge in [-0.25, -0.2) is 0 Å². The third-order valence-corrected chi connectivity index (χ3v) is 7.53. The molecule has 0 amide bonds. The van der Waals surface area contributed by atoms with E-state index in [-0.39, 0.29) is 0 Å². The van der Waals surface area contributed by atoms with Crippen molar-refractivity contribution in [2.45, 2.75) is 50.6 Å². The van der Waals surface area contributed by atoms with Crippen molar-refractivity contribution in [3.05, 3.63) is 0 Å². The molecule has 0 aromatic rings. The Kier molecular flexibility index (Phi) is 4.72. The van der Waals surface area contributed by atoms with E-state index in [9.17, 15) is 0 Å². The van der Waals surface area contributed by atoms with Gasteiger partial charge in [-0.15, -0.1) is 0 Å². The van der Waals surface area contributed by atoms with Gasteiger partial charge >= 0.3 is 0 Å². The Morgan fingerprint density at radius 1 is 0.773 bits per heavy atom. The molecule has 4 fully saturated rings. The van der Waals surface area contributed by atoms with E-state index >= 15 is 0 Å². The third kappa shape index (κ3) is 3.08. The van der Waals surface area contributed by atoms with Crippen LogP contribution in [0.4, 0.5) is 0 Å². The quantitative estimate of drug-likeness (QED) is 0.439. The van der Waals surface area contributed by atoms with Crippen LogP contribution in [-0.2, 0) is 0 Å². The Hall–Kier alpha value is -0.160. The van der Waals surface area contributed by atoms with Gasteiger partial charge in [0.05, 0.1) is 31.8 Å². The molecule has 2 saturated carbocycles. The number of aliphatic hydroxyl groups is 1. The summed E-state index contributed by atoms with van der Waals surface area (Å²) in [4.78, 5) is 5.48. The van der Waals surface area contributed by atoms with Crippen LogP contribution >= 0.6 is 0 Å². The zero-order valence-corrected chi connectivity index (χ0v) is 14.2. The fraction of sp³-hybridized carbons (Fsp3) is 1.00. The van der Waals surface area contributed by atoms with Gasteiger partial charge in [0, 0.05) is 25.2 Å². The van der Waals surface area contributed by atoms with Crippen molar-refractivity contribution in [3.63, 3.8) is 0 Å². The van der Waals surface area contributed by atoms with Crippen LogP contribution in [0.2, 0.25) is 0 Å². The molecule has 4 N–H and O–H groups in total. The van der Waals surface area contributed by atoms with Crippen LogP contribution in [0.1, 0.15) is 38.5 Å². The van der Waals surface area contributed by atoms with Gasteiger partial charge in [0.25, 0.3) is 0 Å². The molecule has 4 nitrogen and oxygen atoms in total. The van der Waals surface area contributed by atoms with Crippen molar-refractivity contribution < 1.29 is 19.8 Å². The van der Waals surface area contributed by atoms with Gasteiger partial charge in [0.1, 0.15) is 32.7 Å². The first-order chi connectivity index (χ1) is 10.8. The van der Waals surface area contributed by atoms with E-state index in [1.165, 1.54) is 52.1 Å². The Balaban J connectivity index is 1.23. The van der Waals surface area contributed by atoms with E-state index in [4.69, 9.17) is 5.11 Å². The number of nitrogens with one attached hydrogen (secondary N) is 3. The minimum absolute atomic E-state index is 0.357. The predicted molar refractivity (Wildman–Crippen MR) is 86.3 cm³/mol. The molecule has 0 aromatic heterocycles. The lowest BCUT2D eigenvalue weighted by Crippen LogP contribution is -3.30. The first-order valence-electron chi connectivity index (χ1n) is 9.97. The fourth-order valence-corrected chi connectivity index (χ4v) is 6.25. The zero-order chi connectivity index (χ0) is 14.9. The molecule has 2 aliphatic heterocycles. The molecular weight excluding hydrogens is 274 g/mol. The lowest BCUT2D eigenvalue weighted by Gasteiger charge is -2.40. The van der Waals surface area contributed by atoms with Crippen LogP contribution in [0, 0.1) is 11.8 Å². The van der Waals surface area contributed by atoms with Crippen LogP contribution < -0.4 is 14.7 Å². The van der Waals surface area contributed by atoms with Gasteiger partial charge < -0.3 is 19.8 Å². The van der Waals surface area contributed by atoms with Gasteiger partial charge in [0.2, 0.25) is 0 Å². The molecule has 4 heteroatoms. The highest BCUT2D eigenvalue weighted by atomic mass is 16.3. The molecule has 22 heavy (non-hydrogen) atoms. The largest absolute Gasteiger partial charge is 0.391 e. The van der Waals surface area contributed by atoms with Crippen molar-refractivity contribution in [3.8, 4) is 0 Å². The first kappa shape index (κ1) is 15.4. The number of quaternary nitrogens is 3. The maximum atomic E-state index is 9.08. The summed E-state index contributed by atoms with van der Waals surface area (Å²) < 4.78 is 0. The third-order valence-electron chi connectivity index (χ3n) is 7.53. The minimum Gasteiger partial charge on any atom is -0.391 e. The SMILES string of the molecule is OCC[NH+]1CC[NH+](C2CC[NH+]([C@H]3C[C@H]4CC[C@H]3C4)CC2)CC1. The minimum atomic E-state index is 0.357. The Labute approximate surface area is 135 Å². The molecule has 2 heterocycles. The van der Waals surface area contributed by atoms with Crippen molar-refractivity contribution in [2.24, 2.45) is 11.8 Å². The van der Waals surface area contributed by atoms with Gasteiger partial charge in [-0.3, -0.25) is 0 Å². The molecule has 4 rings (SSSR count). The molecule has 2 saturated heterocycles. The molecule has 0 aromatic carbocycles. The average Bonchev–Trinajstić information content (AvgIpc) is 3.19. The molecule has 4 aliphatic rings. The Morgan fingerprint density at radius 3 is 2.14 bits per heavy atom. The standard InChI is InChI=1S/C18H33N3O/c22-12-11-19-7-9-20(10-8-19)17-3-5-21(6-4-17)18-14-15-1-2-16(18)13-15/h15-18,22H,1-14H2/p+3/t15-,16-,18-/m0/s1. The van der Waals surface area contributed by atoms with E-state index in [0.29, 0.717) is 6.61 Å². The highest BCUT2D eigenvalue weighted by Crippen LogP contribution is 2.43. The maximum absolute atomic E-state index is 9.08.